The molecule has 0 saturated heterocycles. The van der Waals surface area contributed by atoms with Crippen molar-refractivity contribution in [2.24, 2.45) is 5.92 Å². The van der Waals surface area contributed by atoms with Gasteiger partial charge < -0.3 is 15.3 Å². The molecule has 0 aromatic heterocycles. The van der Waals surface area contributed by atoms with Crippen LogP contribution in [0.1, 0.15) is 13.8 Å². The van der Waals surface area contributed by atoms with E-state index < -0.39 is 17.9 Å². The van der Waals surface area contributed by atoms with Crippen molar-refractivity contribution in [3.63, 3.8) is 0 Å². The quantitative estimate of drug-likeness (QED) is 0.491. The van der Waals surface area contributed by atoms with Gasteiger partial charge in [-0.25, -0.2) is 0 Å². The van der Waals surface area contributed by atoms with Crippen molar-refractivity contribution in [2.75, 3.05) is 6.61 Å². The molecule has 0 atom stereocenters. The molecule has 0 aliphatic carbocycles. The van der Waals surface area contributed by atoms with Crippen molar-refractivity contribution >= 4 is 11.9 Å². The summed E-state index contributed by atoms with van der Waals surface area (Å²) in [5.74, 6) is -3.91. The van der Waals surface area contributed by atoms with Gasteiger partial charge in [0.15, 0.2) is 5.92 Å². The lowest BCUT2D eigenvalue weighted by atomic mass is 10.2. The second-order valence-electron chi connectivity index (χ2n) is 1.71. The first-order chi connectivity index (χ1) is 4.97. The third kappa shape index (κ3) is 8.90. The van der Waals surface area contributed by atoms with Crippen LogP contribution in [0, 0.1) is 5.92 Å². The molecule has 0 aromatic rings. The fourth-order valence-corrected chi connectivity index (χ4v) is 0.106. The Hall–Kier alpha value is -1.10. The van der Waals surface area contributed by atoms with Crippen molar-refractivity contribution in [3.05, 3.63) is 0 Å². The predicted molar refractivity (Wildman–Crippen MR) is 37.2 cm³/mol. The van der Waals surface area contributed by atoms with Crippen LogP contribution in [0.15, 0.2) is 0 Å². The number of hydrogen-bond acceptors (Lipinski definition) is 3. The summed E-state index contributed by atoms with van der Waals surface area (Å²) in [5, 5.41) is 23.5. The van der Waals surface area contributed by atoms with E-state index in [0.29, 0.717) is 0 Å². The van der Waals surface area contributed by atoms with Gasteiger partial charge in [-0.15, -0.1) is 0 Å². The Morgan fingerprint density at radius 3 is 1.45 bits per heavy atom. The Morgan fingerprint density at radius 2 is 1.45 bits per heavy atom. The molecular formula is C6H12O5. The molecule has 66 valence electrons. The minimum atomic E-state index is -1.31. The van der Waals surface area contributed by atoms with Gasteiger partial charge in [0.1, 0.15) is 0 Å². The molecule has 0 saturated carbocycles. The highest BCUT2D eigenvalue weighted by Gasteiger charge is 2.18. The van der Waals surface area contributed by atoms with Gasteiger partial charge in [0.25, 0.3) is 0 Å². The molecule has 0 aliphatic rings. The van der Waals surface area contributed by atoms with Crippen LogP contribution in [-0.4, -0.2) is 33.9 Å². The topological polar surface area (TPSA) is 94.8 Å². The number of carbonyl (C=O) groups is 2. The SMILES string of the molecule is CC(C(=O)O)C(=O)O.CCO. The van der Waals surface area contributed by atoms with E-state index in [1.807, 2.05) is 0 Å². The van der Waals surface area contributed by atoms with E-state index in [4.69, 9.17) is 15.3 Å². The van der Waals surface area contributed by atoms with Gasteiger partial charge in [-0.2, -0.15) is 0 Å². The highest BCUT2D eigenvalue weighted by atomic mass is 16.4. The molecule has 3 N–H and O–H groups in total. The van der Waals surface area contributed by atoms with Gasteiger partial charge in [-0.05, 0) is 13.8 Å². The second-order valence-corrected chi connectivity index (χ2v) is 1.71. The Balaban J connectivity index is 0. The van der Waals surface area contributed by atoms with Crippen LogP contribution in [0.4, 0.5) is 0 Å². The van der Waals surface area contributed by atoms with E-state index in [0.717, 1.165) is 6.92 Å². The summed E-state index contributed by atoms with van der Waals surface area (Å²) in [7, 11) is 0. The van der Waals surface area contributed by atoms with Crippen molar-refractivity contribution in [1.29, 1.82) is 0 Å². The van der Waals surface area contributed by atoms with Crippen LogP contribution < -0.4 is 0 Å². The summed E-state index contributed by atoms with van der Waals surface area (Å²) in [5.41, 5.74) is 0. The average Bonchev–Trinajstić information content (AvgIpc) is 1.87. The molecule has 0 aliphatic heterocycles. The standard InChI is InChI=1S/C4H6O4.C2H6O/c1-2(3(5)6)4(7)8;1-2-3/h2H,1H3,(H,5,6)(H,7,8);3H,2H2,1H3. The monoisotopic (exact) mass is 164 g/mol. The Morgan fingerprint density at radius 1 is 1.27 bits per heavy atom. The first-order valence-corrected chi connectivity index (χ1v) is 3.03. The van der Waals surface area contributed by atoms with Crippen molar-refractivity contribution in [2.45, 2.75) is 13.8 Å². The summed E-state index contributed by atoms with van der Waals surface area (Å²) in [4.78, 5) is 19.5. The first kappa shape index (κ1) is 12.6. The molecule has 0 radical (unpaired) electrons. The molecule has 0 amide bonds. The predicted octanol–water partition coefficient (Wildman–Crippen LogP) is -0.210. The molecule has 0 aromatic carbocycles. The number of carboxylic acid groups (broad SMARTS) is 2. The van der Waals surface area contributed by atoms with Gasteiger partial charge >= 0.3 is 11.9 Å². The van der Waals surface area contributed by atoms with E-state index in [1.54, 1.807) is 6.92 Å². The molecular weight excluding hydrogens is 152 g/mol. The number of aliphatic carboxylic acids is 2. The molecule has 0 fully saturated rings. The lowest BCUT2D eigenvalue weighted by molar-refractivity contribution is -0.153. The third-order valence-corrected chi connectivity index (χ3v) is 0.741. The number of carboxylic acids is 2. The number of aliphatic hydroxyl groups excluding tert-OH is 1. The molecule has 11 heavy (non-hydrogen) atoms. The molecule has 5 nitrogen and oxygen atoms in total. The van der Waals surface area contributed by atoms with Gasteiger partial charge in [-0.3, -0.25) is 9.59 Å². The molecule has 0 spiro atoms. The Kier molecular flexibility index (Phi) is 8.01. The molecule has 0 bridgehead atoms. The zero-order valence-electron chi connectivity index (χ0n) is 6.44. The lowest BCUT2D eigenvalue weighted by Gasteiger charge is -1.94. The highest BCUT2D eigenvalue weighted by molar-refractivity contribution is 5.92. The van der Waals surface area contributed by atoms with E-state index in [-0.39, 0.29) is 6.61 Å². The summed E-state index contributed by atoms with van der Waals surface area (Å²) in [6, 6.07) is 0. The lowest BCUT2D eigenvalue weighted by Crippen LogP contribution is -2.19. The molecule has 0 rings (SSSR count). The smallest absolute Gasteiger partial charge is 0.317 e. The van der Waals surface area contributed by atoms with Crippen molar-refractivity contribution in [3.8, 4) is 0 Å². The van der Waals surface area contributed by atoms with Crippen molar-refractivity contribution < 1.29 is 24.9 Å². The zero-order chi connectivity index (χ0) is 9.44. The van der Waals surface area contributed by atoms with E-state index in [1.165, 1.54) is 0 Å². The molecule has 0 heterocycles. The number of aliphatic hydroxyl groups is 1. The van der Waals surface area contributed by atoms with Crippen LogP contribution in [0.3, 0.4) is 0 Å². The van der Waals surface area contributed by atoms with Crippen LogP contribution in [0.5, 0.6) is 0 Å². The second kappa shape index (κ2) is 7.01. The maximum atomic E-state index is 9.76. The zero-order valence-corrected chi connectivity index (χ0v) is 6.44. The number of hydrogen-bond donors (Lipinski definition) is 3. The van der Waals surface area contributed by atoms with Crippen LogP contribution >= 0.6 is 0 Å². The van der Waals surface area contributed by atoms with Crippen LogP contribution in [0.25, 0.3) is 0 Å². The molecule has 5 heteroatoms. The number of rotatable bonds is 2. The fourth-order valence-electron chi connectivity index (χ4n) is 0.106. The Labute approximate surface area is 64.3 Å². The van der Waals surface area contributed by atoms with E-state index in [2.05, 4.69) is 0 Å². The largest absolute Gasteiger partial charge is 0.481 e. The van der Waals surface area contributed by atoms with Crippen LogP contribution in [-0.2, 0) is 9.59 Å². The summed E-state index contributed by atoms with van der Waals surface area (Å²) in [6.45, 7) is 3.05. The minimum Gasteiger partial charge on any atom is -0.481 e. The van der Waals surface area contributed by atoms with E-state index >= 15 is 0 Å². The Bertz CT molecular complexity index is 117. The van der Waals surface area contributed by atoms with Gasteiger partial charge in [0.05, 0.1) is 0 Å². The maximum absolute atomic E-state index is 9.76. The first-order valence-electron chi connectivity index (χ1n) is 3.03. The fraction of sp³-hybridized carbons (Fsp3) is 0.667. The average molecular weight is 164 g/mol. The summed E-state index contributed by atoms with van der Waals surface area (Å²) >= 11 is 0. The van der Waals surface area contributed by atoms with Gasteiger partial charge in [0, 0.05) is 6.61 Å². The third-order valence-electron chi connectivity index (χ3n) is 0.741. The van der Waals surface area contributed by atoms with E-state index in [9.17, 15) is 9.59 Å². The summed E-state index contributed by atoms with van der Waals surface area (Å²) in [6.07, 6.45) is 0. The van der Waals surface area contributed by atoms with Crippen molar-refractivity contribution in [1.82, 2.24) is 0 Å². The van der Waals surface area contributed by atoms with Gasteiger partial charge in [0.2, 0.25) is 0 Å². The normalized spacial score (nSPS) is 8.36. The molecule has 0 unspecified atom stereocenters. The highest BCUT2D eigenvalue weighted by Crippen LogP contribution is 1.91. The van der Waals surface area contributed by atoms with Gasteiger partial charge in [-0.1, -0.05) is 0 Å². The summed E-state index contributed by atoms with van der Waals surface area (Å²) < 4.78 is 0. The minimum absolute atomic E-state index is 0.250. The maximum Gasteiger partial charge on any atom is 0.317 e. The van der Waals surface area contributed by atoms with Crippen LogP contribution in [0.2, 0.25) is 0 Å².